The maximum absolute atomic E-state index is 9.25. The lowest BCUT2D eigenvalue weighted by Crippen LogP contribution is -1.92. The number of fused-ring (bicyclic) bond motifs is 1. The number of aliphatic hydroxyl groups is 1. The summed E-state index contributed by atoms with van der Waals surface area (Å²) in [4.78, 5) is 9.08. The monoisotopic (exact) mass is 312 g/mol. The Balaban J connectivity index is 1.97. The van der Waals surface area contributed by atoms with Crippen LogP contribution in [0.1, 0.15) is 5.56 Å². The Morgan fingerprint density at radius 3 is 2.38 bits per heavy atom. The average Bonchev–Trinajstić information content (AvgIpc) is 2.68. The summed E-state index contributed by atoms with van der Waals surface area (Å²) >= 11 is 0. The van der Waals surface area contributed by atoms with Gasteiger partial charge in [0.25, 0.3) is 0 Å². The second kappa shape index (κ2) is 6.22. The lowest BCUT2D eigenvalue weighted by Gasteiger charge is -2.11. The largest absolute Gasteiger partial charge is 0.392 e. The second-order valence-corrected chi connectivity index (χ2v) is 5.67. The fourth-order valence-electron chi connectivity index (χ4n) is 2.84. The summed E-state index contributed by atoms with van der Waals surface area (Å²) < 4.78 is 0. The number of hydrogen-bond donors (Lipinski definition) is 1. The molecule has 0 fully saturated rings. The van der Waals surface area contributed by atoms with E-state index in [1.165, 1.54) is 0 Å². The minimum atomic E-state index is 0.0443. The van der Waals surface area contributed by atoms with Gasteiger partial charge in [0.15, 0.2) is 0 Å². The molecule has 0 saturated carbocycles. The standard InChI is InChI=1S/C21H16N2O/c24-14-15-6-8-17(9-7-15)21-19(16-4-2-1-3-5-16)12-18-13-22-11-10-20(18)23-21/h1-13,24H,14H2. The van der Waals surface area contributed by atoms with Crippen molar-refractivity contribution in [2.45, 2.75) is 6.61 Å². The zero-order valence-electron chi connectivity index (χ0n) is 13.1. The third-order valence-corrected chi connectivity index (χ3v) is 4.11. The van der Waals surface area contributed by atoms with E-state index < -0.39 is 0 Å². The molecule has 0 saturated heterocycles. The molecule has 0 aliphatic rings. The van der Waals surface area contributed by atoms with Crippen LogP contribution in [0.15, 0.2) is 79.1 Å². The van der Waals surface area contributed by atoms with Crippen LogP contribution in [0, 0.1) is 0 Å². The average molecular weight is 312 g/mol. The zero-order chi connectivity index (χ0) is 16.4. The van der Waals surface area contributed by atoms with Crippen LogP contribution >= 0.6 is 0 Å². The Kier molecular flexibility index (Phi) is 3.77. The number of pyridine rings is 2. The Labute approximate surface area is 140 Å². The molecule has 24 heavy (non-hydrogen) atoms. The summed E-state index contributed by atoms with van der Waals surface area (Å²) in [6.45, 7) is 0.0443. The van der Waals surface area contributed by atoms with Crippen LogP contribution < -0.4 is 0 Å². The third-order valence-electron chi connectivity index (χ3n) is 4.11. The molecule has 0 aliphatic carbocycles. The van der Waals surface area contributed by atoms with Gasteiger partial charge < -0.3 is 5.11 Å². The highest BCUT2D eigenvalue weighted by Gasteiger charge is 2.11. The summed E-state index contributed by atoms with van der Waals surface area (Å²) in [5, 5.41) is 10.3. The van der Waals surface area contributed by atoms with Crippen LogP contribution in [0.3, 0.4) is 0 Å². The lowest BCUT2D eigenvalue weighted by atomic mass is 9.97. The van der Waals surface area contributed by atoms with Crippen LogP contribution in [0.4, 0.5) is 0 Å². The highest BCUT2D eigenvalue weighted by Crippen LogP contribution is 2.33. The first-order valence-corrected chi connectivity index (χ1v) is 7.85. The van der Waals surface area contributed by atoms with Crippen molar-refractivity contribution in [2.24, 2.45) is 0 Å². The minimum absolute atomic E-state index is 0.0443. The molecule has 2 aromatic heterocycles. The molecule has 0 spiro atoms. The summed E-state index contributed by atoms with van der Waals surface area (Å²) in [5.41, 5.74) is 5.98. The van der Waals surface area contributed by atoms with Gasteiger partial charge in [0.2, 0.25) is 0 Å². The molecule has 2 heterocycles. The van der Waals surface area contributed by atoms with E-state index in [1.54, 1.807) is 6.20 Å². The van der Waals surface area contributed by atoms with E-state index >= 15 is 0 Å². The molecule has 2 aromatic carbocycles. The lowest BCUT2D eigenvalue weighted by molar-refractivity contribution is 0.282. The van der Waals surface area contributed by atoms with Crippen LogP contribution in [0.25, 0.3) is 33.3 Å². The molecule has 0 bridgehead atoms. The van der Waals surface area contributed by atoms with Gasteiger partial charge in [-0.3, -0.25) is 4.98 Å². The fourth-order valence-corrected chi connectivity index (χ4v) is 2.84. The Morgan fingerprint density at radius 2 is 1.62 bits per heavy atom. The highest BCUT2D eigenvalue weighted by atomic mass is 16.3. The molecule has 3 nitrogen and oxygen atoms in total. The number of aliphatic hydroxyl groups excluding tert-OH is 1. The first-order chi connectivity index (χ1) is 11.8. The molecular weight excluding hydrogens is 296 g/mol. The molecule has 0 aliphatic heterocycles. The second-order valence-electron chi connectivity index (χ2n) is 5.67. The third kappa shape index (κ3) is 2.66. The highest BCUT2D eigenvalue weighted by molar-refractivity contribution is 5.91. The maximum atomic E-state index is 9.25. The van der Waals surface area contributed by atoms with E-state index in [2.05, 4.69) is 23.2 Å². The van der Waals surface area contributed by atoms with Crippen LogP contribution in [0.2, 0.25) is 0 Å². The molecule has 0 unspecified atom stereocenters. The van der Waals surface area contributed by atoms with Crippen molar-refractivity contribution in [3.8, 4) is 22.4 Å². The predicted octanol–water partition coefficient (Wildman–Crippen LogP) is 4.46. The van der Waals surface area contributed by atoms with Crippen molar-refractivity contribution in [3.63, 3.8) is 0 Å². The molecule has 1 N–H and O–H groups in total. The van der Waals surface area contributed by atoms with E-state index in [1.807, 2.05) is 54.7 Å². The van der Waals surface area contributed by atoms with E-state index in [0.29, 0.717) is 0 Å². The van der Waals surface area contributed by atoms with Crippen LogP contribution in [0.5, 0.6) is 0 Å². The van der Waals surface area contributed by atoms with Gasteiger partial charge in [0.05, 0.1) is 17.8 Å². The van der Waals surface area contributed by atoms with Crippen LogP contribution in [-0.4, -0.2) is 15.1 Å². The van der Waals surface area contributed by atoms with E-state index in [-0.39, 0.29) is 6.61 Å². The van der Waals surface area contributed by atoms with Crippen molar-refractivity contribution >= 4 is 10.9 Å². The number of nitrogens with zero attached hydrogens (tertiary/aromatic N) is 2. The van der Waals surface area contributed by atoms with Gasteiger partial charge in [-0.15, -0.1) is 0 Å². The van der Waals surface area contributed by atoms with Crippen molar-refractivity contribution in [2.75, 3.05) is 0 Å². The zero-order valence-corrected chi connectivity index (χ0v) is 13.1. The summed E-state index contributed by atoms with van der Waals surface area (Å²) in [5.74, 6) is 0. The van der Waals surface area contributed by atoms with Gasteiger partial charge in [-0.25, -0.2) is 4.98 Å². The maximum Gasteiger partial charge on any atom is 0.0788 e. The molecule has 3 heteroatoms. The van der Waals surface area contributed by atoms with E-state index in [4.69, 9.17) is 4.98 Å². The normalized spacial score (nSPS) is 10.9. The smallest absolute Gasteiger partial charge is 0.0788 e. The van der Waals surface area contributed by atoms with Crippen molar-refractivity contribution < 1.29 is 5.11 Å². The SMILES string of the molecule is OCc1ccc(-c2nc3ccncc3cc2-c2ccccc2)cc1. The van der Waals surface area contributed by atoms with Crippen molar-refractivity contribution in [3.05, 3.63) is 84.7 Å². The number of benzene rings is 2. The van der Waals surface area contributed by atoms with Crippen molar-refractivity contribution in [1.82, 2.24) is 9.97 Å². The summed E-state index contributed by atoms with van der Waals surface area (Å²) in [6.07, 6.45) is 3.60. The molecule has 0 radical (unpaired) electrons. The fraction of sp³-hybridized carbons (Fsp3) is 0.0476. The molecular formula is C21H16N2O. The molecule has 116 valence electrons. The minimum Gasteiger partial charge on any atom is -0.392 e. The van der Waals surface area contributed by atoms with E-state index in [0.717, 1.165) is 38.9 Å². The molecule has 4 aromatic rings. The number of rotatable bonds is 3. The quantitative estimate of drug-likeness (QED) is 0.607. The topological polar surface area (TPSA) is 46.0 Å². The van der Waals surface area contributed by atoms with Gasteiger partial charge in [-0.1, -0.05) is 54.6 Å². The van der Waals surface area contributed by atoms with Crippen molar-refractivity contribution in [1.29, 1.82) is 0 Å². The number of aromatic nitrogens is 2. The summed E-state index contributed by atoms with van der Waals surface area (Å²) in [6, 6.07) is 22.2. The first kappa shape index (κ1) is 14.5. The Morgan fingerprint density at radius 1 is 0.833 bits per heavy atom. The van der Waals surface area contributed by atoms with Gasteiger partial charge in [0.1, 0.15) is 0 Å². The van der Waals surface area contributed by atoms with E-state index in [9.17, 15) is 5.11 Å². The molecule has 0 atom stereocenters. The number of hydrogen-bond acceptors (Lipinski definition) is 3. The summed E-state index contributed by atoms with van der Waals surface area (Å²) in [7, 11) is 0. The van der Waals surface area contributed by atoms with Gasteiger partial charge in [-0.05, 0) is 23.3 Å². The van der Waals surface area contributed by atoms with Gasteiger partial charge in [0, 0.05) is 28.9 Å². The molecule has 4 rings (SSSR count). The Bertz CT molecular complexity index is 980. The first-order valence-electron chi connectivity index (χ1n) is 7.85. The Hall–Kier alpha value is -3.04. The molecule has 0 amide bonds. The van der Waals surface area contributed by atoms with Gasteiger partial charge >= 0.3 is 0 Å². The van der Waals surface area contributed by atoms with Crippen LogP contribution in [-0.2, 0) is 6.61 Å². The predicted molar refractivity (Wildman–Crippen MR) is 96.3 cm³/mol. The van der Waals surface area contributed by atoms with Gasteiger partial charge in [-0.2, -0.15) is 0 Å².